The Bertz CT molecular complexity index is 1420. The Morgan fingerprint density at radius 1 is 1.11 bits per heavy atom. The van der Waals surface area contributed by atoms with Crippen molar-refractivity contribution in [2.45, 2.75) is 25.7 Å². The number of carbonyl (C=O) groups is 1. The molecule has 0 radical (unpaired) electrons. The average molecular weight is 511 g/mol. The molecule has 36 heavy (non-hydrogen) atoms. The topological polar surface area (TPSA) is 120 Å². The van der Waals surface area contributed by atoms with E-state index in [0.29, 0.717) is 30.2 Å². The molecule has 1 amide bonds. The number of amides is 1. The van der Waals surface area contributed by atoms with Crippen LogP contribution in [0.2, 0.25) is 0 Å². The van der Waals surface area contributed by atoms with Gasteiger partial charge in [-0.25, -0.2) is 14.5 Å². The summed E-state index contributed by atoms with van der Waals surface area (Å²) < 4.78 is 29.5. The average Bonchev–Trinajstić information content (AvgIpc) is 3.50. The summed E-state index contributed by atoms with van der Waals surface area (Å²) in [5.41, 5.74) is 2.58. The third-order valence-corrected chi connectivity index (χ3v) is 8.24. The van der Waals surface area contributed by atoms with Gasteiger partial charge in [-0.15, -0.1) is 0 Å². The minimum Gasteiger partial charge on any atom is -0.342 e. The molecule has 1 atom stereocenters. The summed E-state index contributed by atoms with van der Waals surface area (Å²) in [6.45, 7) is 1.48. The maximum Gasteiger partial charge on any atom is 0.347 e. The molecule has 10 nitrogen and oxygen atoms in total. The molecule has 5 rings (SSSR count). The van der Waals surface area contributed by atoms with Crippen molar-refractivity contribution in [2.24, 2.45) is 11.8 Å². The van der Waals surface area contributed by atoms with Crippen molar-refractivity contribution in [1.82, 2.24) is 24.0 Å². The van der Waals surface area contributed by atoms with E-state index in [1.165, 1.54) is 14.1 Å². The number of H-pyrrole nitrogens is 1. The van der Waals surface area contributed by atoms with Gasteiger partial charge in [0.1, 0.15) is 5.82 Å². The number of nitrogens with zero attached hydrogens (tertiary/aromatic N) is 4. The molecule has 190 valence electrons. The SMILES string of the molecule is CN(C)S(=O)(=O)Nc1cccc(-c2ccc(-n3c(C[C@@H]4CCN(C(=O)C5CC5)C4)n[nH]c3=O)cc2)c1. The molecule has 0 bridgehead atoms. The van der Waals surface area contributed by atoms with Crippen LogP contribution >= 0.6 is 0 Å². The number of likely N-dealkylation sites (tertiary alicyclic amines) is 1. The van der Waals surface area contributed by atoms with Crippen LogP contribution in [0.4, 0.5) is 5.69 Å². The highest BCUT2D eigenvalue weighted by Gasteiger charge is 2.37. The van der Waals surface area contributed by atoms with E-state index < -0.39 is 10.2 Å². The number of nitrogens with one attached hydrogen (secondary N) is 2. The summed E-state index contributed by atoms with van der Waals surface area (Å²) in [4.78, 5) is 26.9. The van der Waals surface area contributed by atoms with Crippen LogP contribution in [0, 0.1) is 11.8 Å². The first-order chi connectivity index (χ1) is 17.2. The summed E-state index contributed by atoms with van der Waals surface area (Å²) >= 11 is 0. The minimum absolute atomic E-state index is 0.222. The number of rotatable bonds is 8. The van der Waals surface area contributed by atoms with E-state index in [-0.39, 0.29) is 23.4 Å². The Kier molecular flexibility index (Phi) is 6.44. The third kappa shape index (κ3) is 5.07. The quantitative estimate of drug-likeness (QED) is 0.482. The largest absolute Gasteiger partial charge is 0.347 e. The molecule has 1 aromatic heterocycles. The van der Waals surface area contributed by atoms with Crippen molar-refractivity contribution in [3.05, 3.63) is 64.8 Å². The Hall–Kier alpha value is -3.44. The van der Waals surface area contributed by atoms with Crippen molar-refractivity contribution >= 4 is 21.8 Å². The molecule has 3 aromatic rings. The highest BCUT2D eigenvalue weighted by Crippen LogP contribution is 2.33. The number of aromatic nitrogens is 3. The number of carbonyl (C=O) groups excluding carboxylic acids is 1. The molecule has 1 saturated heterocycles. The van der Waals surface area contributed by atoms with Gasteiger partial charge in [-0.1, -0.05) is 24.3 Å². The second-order valence-corrected chi connectivity index (χ2v) is 11.6. The summed E-state index contributed by atoms with van der Waals surface area (Å²) in [6.07, 6.45) is 3.53. The first-order valence-electron chi connectivity index (χ1n) is 12.1. The lowest BCUT2D eigenvalue weighted by Crippen LogP contribution is -2.30. The molecule has 1 saturated carbocycles. The molecule has 2 aliphatic rings. The van der Waals surface area contributed by atoms with Gasteiger partial charge in [0.05, 0.1) is 11.4 Å². The molecular weight excluding hydrogens is 480 g/mol. The fourth-order valence-electron chi connectivity index (χ4n) is 4.58. The number of benzene rings is 2. The number of aromatic amines is 1. The Morgan fingerprint density at radius 3 is 2.56 bits per heavy atom. The Labute approximate surface area is 210 Å². The van der Waals surface area contributed by atoms with E-state index in [2.05, 4.69) is 14.9 Å². The fourth-order valence-corrected chi connectivity index (χ4v) is 5.19. The molecule has 2 N–H and O–H groups in total. The van der Waals surface area contributed by atoms with Crippen LogP contribution in [0.5, 0.6) is 0 Å². The van der Waals surface area contributed by atoms with Gasteiger partial charge in [0.25, 0.3) is 0 Å². The van der Waals surface area contributed by atoms with E-state index >= 15 is 0 Å². The monoisotopic (exact) mass is 510 g/mol. The van der Waals surface area contributed by atoms with Gasteiger partial charge in [0, 0.05) is 39.5 Å². The van der Waals surface area contributed by atoms with Crippen molar-refractivity contribution in [2.75, 3.05) is 31.9 Å². The smallest absolute Gasteiger partial charge is 0.342 e. The Morgan fingerprint density at radius 2 is 1.86 bits per heavy atom. The summed E-state index contributed by atoms with van der Waals surface area (Å²) in [6, 6.07) is 14.6. The van der Waals surface area contributed by atoms with Gasteiger partial charge in [-0.05, 0) is 60.6 Å². The number of anilines is 1. The maximum absolute atomic E-state index is 12.6. The normalized spacial score (nSPS) is 18.1. The zero-order valence-corrected chi connectivity index (χ0v) is 21.2. The predicted molar refractivity (Wildman–Crippen MR) is 137 cm³/mol. The van der Waals surface area contributed by atoms with Crippen molar-refractivity contribution in [3.8, 4) is 16.8 Å². The minimum atomic E-state index is -3.60. The summed E-state index contributed by atoms with van der Waals surface area (Å²) in [5, 5.41) is 6.83. The molecule has 0 spiro atoms. The maximum atomic E-state index is 12.6. The van der Waals surface area contributed by atoms with Crippen LogP contribution in [0.1, 0.15) is 25.1 Å². The van der Waals surface area contributed by atoms with Gasteiger partial charge >= 0.3 is 15.9 Å². The highest BCUT2D eigenvalue weighted by molar-refractivity contribution is 7.90. The van der Waals surface area contributed by atoms with Crippen LogP contribution in [-0.4, -0.2) is 65.5 Å². The molecule has 1 aliphatic heterocycles. The molecule has 0 unspecified atom stereocenters. The Balaban J connectivity index is 1.32. The van der Waals surface area contributed by atoms with Crippen LogP contribution < -0.4 is 10.4 Å². The lowest BCUT2D eigenvalue weighted by atomic mass is 10.0. The van der Waals surface area contributed by atoms with Gasteiger partial charge in [0.2, 0.25) is 5.91 Å². The van der Waals surface area contributed by atoms with E-state index in [4.69, 9.17) is 0 Å². The number of hydrogen-bond donors (Lipinski definition) is 2. The van der Waals surface area contributed by atoms with Crippen LogP contribution in [0.25, 0.3) is 16.8 Å². The second-order valence-electron chi connectivity index (χ2n) is 9.71. The standard InChI is InChI=1S/C25H30N6O4S/c1-29(2)36(34,35)28-21-5-3-4-20(15-21)18-8-10-22(11-9-18)31-23(26-27-25(31)33)14-17-12-13-30(16-17)24(32)19-6-7-19/h3-5,8-11,15,17,19,28H,6-7,12-14,16H2,1-2H3,(H,27,33)/t17-/m0/s1. The van der Waals surface area contributed by atoms with Crippen LogP contribution in [-0.2, 0) is 21.4 Å². The molecule has 1 aliphatic carbocycles. The summed E-state index contributed by atoms with van der Waals surface area (Å²) in [5.74, 6) is 1.42. The number of hydrogen-bond acceptors (Lipinski definition) is 5. The lowest BCUT2D eigenvalue weighted by molar-refractivity contribution is -0.131. The van der Waals surface area contributed by atoms with Crippen LogP contribution in [0.15, 0.2) is 53.3 Å². The van der Waals surface area contributed by atoms with Crippen LogP contribution in [0.3, 0.4) is 0 Å². The highest BCUT2D eigenvalue weighted by atomic mass is 32.2. The zero-order chi connectivity index (χ0) is 25.4. The molecule has 2 fully saturated rings. The van der Waals surface area contributed by atoms with E-state index in [1.807, 2.05) is 35.2 Å². The molecule has 2 aromatic carbocycles. The third-order valence-electron chi connectivity index (χ3n) is 6.79. The van der Waals surface area contributed by atoms with Crippen molar-refractivity contribution in [1.29, 1.82) is 0 Å². The van der Waals surface area contributed by atoms with Gasteiger partial charge in [-0.3, -0.25) is 9.52 Å². The van der Waals surface area contributed by atoms with Crippen molar-refractivity contribution in [3.63, 3.8) is 0 Å². The van der Waals surface area contributed by atoms with Crippen molar-refractivity contribution < 1.29 is 13.2 Å². The predicted octanol–water partition coefficient (Wildman–Crippen LogP) is 2.25. The van der Waals surface area contributed by atoms with E-state index in [9.17, 15) is 18.0 Å². The zero-order valence-electron chi connectivity index (χ0n) is 20.3. The second kappa shape index (κ2) is 9.55. The summed E-state index contributed by atoms with van der Waals surface area (Å²) in [7, 11) is -0.671. The van der Waals surface area contributed by atoms with E-state index in [1.54, 1.807) is 22.8 Å². The molecular formula is C25H30N6O4S. The van der Waals surface area contributed by atoms with Gasteiger partial charge < -0.3 is 4.90 Å². The molecule has 11 heteroatoms. The first-order valence-corrected chi connectivity index (χ1v) is 13.5. The fraction of sp³-hybridized carbons (Fsp3) is 0.400. The first kappa shape index (κ1) is 24.3. The van der Waals surface area contributed by atoms with Gasteiger partial charge in [-0.2, -0.15) is 17.8 Å². The molecule has 2 heterocycles. The van der Waals surface area contributed by atoms with Gasteiger partial charge in [0.15, 0.2) is 0 Å². The van der Waals surface area contributed by atoms with E-state index in [0.717, 1.165) is 41.2 Å². The lowest BCUT2D eigenvalue weighted by Gasteiger charge is -2.16.